The smallest absolute Gasteiger partial charge is 0.148 e. The molecule has 0 amide bonds. The van der Waals surface area contributed by atoms with Gasteiger partial charge >= 0.3 is 0 Å². The number of likely N-dealkylation sites (tertiary alicyclic amines) is 1. The Morgan fingerprint density at radius 3 is 2.03 bits per heavy atom. The summed E-state index contributed by atoms with van der Waals surface area (Å²) >= 11 is 0. The summed E-state index contributed by atoms with van der Waals surface area (Å²) in [6.07, 6.45) is 7.02. The Kier molecular flexibility index (Phi) is 16.1. The first-order valence-electron chi connectivity index (χ1n) is 12.2. The molecule has 2 aromatic rings. The number of nitrogens with two attached hydrogens (primary N) is 3. The molecule has 0 aliphatic carbocycles. The van der Waals surface area contributed by atoms with Gasteiger partial charge in [-0.25, -0.2) is 8.42 Å². The molecule has 7 N–H and O–H groups in total. The van der Waals surface area contributed by atoms with Gasteiger partial charge in [0.25, 0.3) is 0 Å². The predicted molar refractivity (Wildman–Crippen MR) is 147 cm³/mol. The van der Waals surface area contributed by atoms with Gasteiger partial charge in [-0.3, -0.25) is 4.98 Å². The summed E-state index contributed by atoms with van der Waals surface area (Å²) in [5, 5.41) is 3.34. The van der Waals surface area contributed by atoms with E-state index in [4.69, 9.17) is 17.2 Å². The van der Waals surface area contributed by atoms with E-state index in [2.05, 4.69) is 57.5 Å². The number of benzene rings is 1. The number of hydrogen-bond acceptors (Lipinski definition) is 9. The molecule has 198 valence electrons. The van der Waals surface area contributed by atoms with Gasteiger partial charge < -0.3 is 32.3 Å². The van der Waals surface area contributed by atoms with E-state index in [0.29, 0.717) is 12.6 Å². The lowest BCUT2D eigenvalue weighted by Crippen LogP contribution is -2.43. The van der Waals surface area contributed by atoms with Gasteiger partial charge in [-0.2, -0.15) is 0 Å². The SMILES string of the molecule is CN1CCC(N)CC1.CS(=O)(=O)CCN.NCc1cccnc1.c1ccc(N2CCNCC2)cc1. The summed E-state index contributed by atoms with van der Waals surface area (Å²) in [5.41, 5.74) is 18.3. The fourth-order valence-corrected chi connectivity index (χ4v) is 3.75. The topological polar surface area (TPSA) is 144 Å². The second kappa shape index (κ2) is 18.2. The zero-order chi connectivity index (χ0) is 25.9. The number of nitrogens with one attached hydrogen (secondary N) is 1. The maximum atomic E-state index is 10.2. The maximum absolute atomic E-state index is 10.2. The van der Waals surface area contributed by atoms with Crippen LogP contribution in [0.2, 0.25) is 0 Å². The van der Waals surface area contributed by atoms with Crippen LogP contribution in [0.25, 0.3) is 0 Å². The minimum absolute atomic E-state index is 0.0903. The molecule has 1 aromatic carbocycles. The first kappa shape index (κ1) is 31.0. The molecule has 0 atom stereocenters. The van der Waals surface area contributed by atoms with Crippen molar-refractivity contribution in [2.24, 2.45) is 17.2 Å². The molecule has 2 aliphatic heterocycles. The third kappa shape index (κ3) is 16.3. The molecule has 4 rings (SSSR count). The summed E-state index contributed by atoms with van der Waals surface area (Å²) in [7, 11) is -0.654. The zero-order valence-corrected chi connectivity index (χ0v) is 22.2. The minimum Gasteiger partial charge on any atom is -0.369 e. The van der Waals surface area contributed by atoms with E-state index in [0.717, 1.165) is 31.7 Å². The fourth-order valence-electron chi connectivity index (χ4n) is 3.32. The second-order valence-electron chi connectivity index (χ2n) is 8.70. The highest BCUT2D eigenvalue weighted by atomic mass is 32.2. The number of para-hydroxylation sites is 1. The van der Waals surface area contributed by atoms with Crippen LogP contribution in [0.15, 0.2) is 54.9 Å². The number of anilines is 1. The van der Waals surface area contributed by atoms with Gasteiger partial charge in [-0.05, 0) is 56.7 Å². The minimum atomic E-state index is -2.80. The Hall–Kier alpha value is -2.08. The average Bonchev–Trinajstić information content (AvgIpc) is 2.88. The maximum Gasteiger partial charge on any atom is 0.148 e. The molecule has 35 heavy (non-hydrogen) atoms. The van der Waals surface area contributed by atoms with Crippen molar-refractivity contribution in [2.45, 2.75) is 25.4 Å². The first-order chi connectivity index (χ1) is 16.7. The predicted octanol–water partition coefficient (Wildman–Crippen LogP) is 0.666. The van der Waals surface area contributed by atoms with Crippen LogP contribution in [0.3, 0.4) is 0 Å². The number of pyridine rings is 1. The van der Waals surface area contributed by atoms with Crippen LogP contribution in [0.4, 0.5) is 5.69 Å². The Morgan fingerprint density at radius 2 is 1.63 bits per heavy atom. The molecule has 10 heteroatoms. The second-order valence-corrected chi connectivity index (χ2v) is 11.0. The Bertz CT molecular complexity index is 846. The van der Waals surface area contributed by atoms with Crippen molar-refractivity contribution >= 4 is 15.5 Å². The zero-order valence-electron chi connectivity index (χ0n) is 21.4. The third-order valence-corrected chi connectivity index (χ3v) is 6.43. The summed E-state index contributed by atoms with van der Waals surface area (Å²) in [5.74, 6) is 0.0903. The lowest BCUT2D eigenvalue weighted by atomic mass is 10.1. The van der Waals surface area contributed by atoms with Gasteiger partial charge in [0.2, 0.25) is 0 Å². The molecule has 2 saturated heterocycles. The van der Waals surface area contributed by atoms with Crippen molar-refractivity contribution in [1.82, 2.24) is 15.2 Å². The van der Waals surface area contributed by atoms with Crippen LogP contribution in [-0.2, 0) is 16.4 Å². The number of rotatable bonds is 4. The quantitative estimate of drug-likeness (QED) is 0.469. The van der Waals surface area contributed by atoms with Crippen molar-refractivity contribution in [1.29, 1.82) is 0 Å². The van der Waals surface area contributed by atoms with E-state index in [1.807, 2.05) is 12.1 Å². The van der Waals surface area contributed by atoms with E-state index in [-0.39, 0.29) is 12.3 Å². The molecule has 2 fully saturated rings. The molecule has 9 nitrogen and oxygen atoms in total. The first-order valence-corrected chi connectivity index (χ1v) is 14.2. The Morgan fingerprint density at radius 1 is 1.00 bits per heavy atom. The molecule has 2 aliphatic rings. The van der Waals surface area contributed by atoms with E-state index in [9.17, 15) is 8.42 Å². The monoisotopic (exact) mass is 507 g/mol. The Labute approximate surface area is 212 Å². The van der Waals surface area contributed by atoms with Gasteiger partial charge in [0.15, 0.2) is 0 Å². The van der Waals surface area contributed by atoms with Gasteiger partial charge in [0.1, 0.15) is 9.84 Å². The molecule has 0 radical (unpaired) electrons. The average molecular weight is 508 g/mol. The lowest BCUT2D eigenvalue weighted by molar-refractivity contribution is 0.256. The van der Waals surface area contributed by atoms with Crippen molar-refractivity contribution in [3.8, 4) is 0 Å². The van der Waals surface area contributed by atoms with Crippen molar-refractivity contribution in [2.75, 3.05) is 69.8 Å². The van der Waals surface area contributed by atoms with E-state index >= 15 is 0 Å². The van der Waals surface area contributed by atoms with Crippen molar-refractivity contribution in [3.63, 3.8) is 0 Å². The van der Waals surface area contributed by atoms with Crippen LogP contribution in [0, 0.1) is 0 Å². The number of nitrogens with zero attached hydrogens (tertiary/aromatic N) is 3. The van der Waals surface area contributed by atoms with Crippen molar-refractivity contribution < 1.29 is 8.42 Å². The van der Waals surface area contributed by atoms with Crippen LogP contribution >= 0.6 is 0 Å². The highest BCUT2D eigenvalue weighted by Crippen LogP contribution is 2.12. The van der Waals surface area contributed by atoms with E-state index < -0.39 is 9.84 Å². The number of hydrogen-bond donors (Lipinski definition) is 4. The van der Waals surface area contributed by atoms with Gasteiger partial charge in [-0.1, -0.05) is 24.3 Å². The molecule has 0 spiro atoms. The van der Waals surface area contributed by atoms with Crippen LogP contribution in [0.1, 0.15) is 18.4 Å². The van der Waals surface area contributed by atoms with Gasteiger partial charge in [0.05, 0.1) is 5.75 Å². The third-order valence-electron chi connectivity index (χ3n) is 5.45. The molecule has 0 unspecified atom stereocenters. The highest BCUT2D eigenvalue weighted by molar-refractivity contribution is 7.90. The van der Waals surface area contributed by atoms with Crippen LogP contribution in [0.5, 0.6) is 0 Å². The number of sulfone groups is 1. The fraction of sp³-hybridized carbons (Fsp3) is 0.560. The molecule has 0 saturated carbocycles. The molecule has 3 heterocycles. The molecule has 1 aromatic heterocycles. The molecular weight excluding hydrogens is 462 g/mol. The normalized spacial score (nSPS) is 16.5. The highest BCUT2D eigenvalue weighted by Gasteiger charge is 2.11. The summed E-state index contributed by atoms with van der Waals surface area (Å²) in [4.78, 5) is 8.61. The van der Waals surface area contributed by atoms with Gasteiger partial charge in [0, 0.05) is 69.6 Å². The number of aromatic nitrogens is 1. The summed E-state index contributed by atoms with van der Waals surface area (Å²) in [6.45, 7) is 7.63. The standard InChI is InChI=1S/C10H14N2.C6H14N2.C6H8N2.C3H9NO2S/c1-2-4-10(5-3-1)12-8-6-11-7-9-12;1-8-4-2-6(7)3-5-8;7-4-6-2-1-3-8-5-6;1-7(5,6)3-2-4/h1-5,11H,6-9H2;6H,2-5,7H2,1H3;1-3,5H,4,7H2;2-4H2,1H3. The van der Waals surface area contributed by atoms with Crippen LogP contribution in [-0.4, -0.2) is 89.2 Å². The van der Waals surface area contributed by atoms with Crippen molar-refractivity contribution in [3.05, 3.63) is 60.4 Å². The van der Waals surface area contributed by atoms with E-state index in [1.54, 1.807) is 12.4 Å². The Balaban J connectivity index is 0.000000240. The molecular formula is C25H45N7O2S. The van der Waals surface area contributed by atoms with E-state index in [1.165, 1.54) is 37.9 Å². The number of piperidine rings is 1. The van der Waals surface area contributed by atoms with Crippen LogP contribution < -0.4 is 27.4 Å². The molecule has 0 bridgehead atoms. The summed E-state index contributed by atoms with van der Waals surface area (Å²) in [6, 6.07) is 14.9. The largest absolute Gasteiger partial charge is 0.369 e. The number of piperazine rings is 1. The summed E-state index contributed by atoms with van der Waals surface area (Å²) < 4.78 is 20.3. The lowest BCUT2D eigenvalue weighted by Gasteiger charge is -2.29. The van der Waals surface area contributed by atoms with Gasteiger partial charge in [-0.15, -0.1) is 0 Å².